The summed E-state index contributed by atoms with van der Waals surface area (Å²) in [6.07, 6.45) is 1.28. The van der Waals surface area contributed by atoms with Crippen molar-refractivity contribution in [2.24, 2.45) is 0 Å². The van der Waals surface area contributed by atoms with Crippen LogP contribution in [0.3, 0.4) is 0 Å². The van der Waals surface area contributed by atoms with Crippen LogP contribution in [0.25, 0.3) is 20.9 Å². The van der Waals surface area contributed by atoms with Crippen LogP contribution in [0.4, 0.5) is 0 Å². The predicted molar refractivity (Wildman–Crippen MR) is 146 cm³/mol. The zero-order valence-corrected chi connectivity index (χ0v) is 21.1. The summed E-state index contributed by atoms with van der Waals surface area (Å²) < 4.78 is 34.7. The van der Waals surface area contributed by atoms with Crippen molar-refractivity contribution in [2.45, 2.75) is 18.6 Å². The van der Waals surface area contributed by atoms with Gasteiger partial charge in [0.1, 0.15) is 5.75 Å². The molecule has 0 saturated carbocycles. The van der Waals surface area contributed by atoms with Crippen LogP contribution in [0.1, 0.15) is 27.2 Å². The van der Waals surface area contributed by atoms with E-state index in [-0.39, 0.29) is 5.75 Å². The van der Waals surface area contributed by atoms with Crippen LogP contribution in [-0.4, -0.2) is 20.9 Å². The van der Waals surface area contributed by atoms with Gasteiger partial charge in [-0.3, -0.25) is 4.79 Å². The Balaban J connectivity index is 1.31. The molecule has 7 heteroatoms. The molecule has 0 atom stereocenters. The van der Waals surface area contributed by atoms with E-state index < -0.39 is 15.9 Å². The molecule has 0 fully saturated rings. The number of amides is 1. The van der Waals surface area contributed by atoms with E-state index in [0.717, 1.165) is 32.2 Å². The number of sulfonamides is 1. The number of hydrogen-bond acceptors (Lipinski definition) is 5. The van der Waals surface area contributed by atoms with Gasteiger partial charge in [0.2, 0.25) is 10.0 Å². The molecule has 36 heavy (non-hydrogen) atoms. The number of thiophene rings is 1. The molecule has 4 aromatic carbocycles. The molecular formula is C29H25NO4S2. The Labute approximate surface area is 214 Å². The smallest absolute Gasteiger partial charge is 0.275 e. The van der Waals surface area contributed by atoms with Crippen LogP contribution in [0.15, 0.2) is 97.1 Å². The molecule has 0 unspecified atom stereocenters. The number of nitrogens with one attached hydrogen (secondary N) is 1. The largest absolute Gasteiger partial charge is 0.493 e. The van der Waals surface area contributed by atoms with E-state index in [1.165, 1.54) is 11.3 Å². The third kappa shape index (κ3) is 5.42. The van der Waals surface area contributed by atoms with E-state index in [2.05, 4.69) is 16.9 Å². The van der Waals surface area contributed by atoms with E-state index in [1.807, 2.05) is 60.7 Å². The molecular weight excluding hydrogens is 490 g/mol. The van der Waals surface area contributed by atoms with Gasteiger partial charge in [-0.05, 0) is 46.9 Å². The van der Waals surface area contributed by atoms with Gasteiger partial charge in [0.25, 0.3) is 5.91 Å². The molecule has 5 rings (SSSR count). The lowest BCUT2D eigenvalue weighted by molar-refractivity contribution is 0.0984. The Hall–Kier alpha value is -3.68. The molecule has 0 spiro atoms. The first-order chi connectivity index (χ1) is 17.5. The summed E-state index contributed by atoms with van der Waals surface area (Å²) in [4.78, 5) is 13.6. The molecule has 182 valence electrons. The lowest BCUT2D eigenvalue weighted by Gasteiger charge is -2.10. The normalized spacial score (nSPS) is 11.6. The van der Waals surface area contributed by atoms with E-state index in [0.29, 0.717) is 29.9 Å². The lowest BCUT2D eigenvalue weighted by atomic mass is 10.1. The summed E-state index contributed by atoms with van der Waals surface area (Å²) >= 11 is 1.32. The van der Waals surface area contributed by atoms with E-state index >= 15 is 0 Å². The topological polar surface area (TPSA) is 72.5 Å². The Kier molecular flexibility index (Phi) is 7.02. The molecule has 0 aliphatic heterocycles. The second kappa shape index (κ2) is 10.5. The van der Waals surface area contributed by atoms with Gasteiger partial charge in [0, 0.05) is 10.1 Å². The second-order valence-electron chi connectivity index (χ2n) is 8.51. The Morgan fingerprint density at radius 2 is 1.50 bits per heavy atom. The summed E-state index contributed by atoms with van der Waals surface area (Å²) in [5.41, 5.74) is 1.48. The molecule has 1 amide bonds. The van der Waals surface area contributed by atoms with Crippen molar-refractivity contribution in [1.82, 2.24) is 4.72 Å². The monoisotopic (exact) mass is 515 g/mol. The second-order valence-corrected chi connectivity index (χ2v) is 11.3. The molecule has 5 nitrogen and oxygen atoms in total. The lowest BCUT2D eigenvalue weighted by Crippen LogP contribution is -2.31. The van der Waals surface area contributed by atoms with Crippen LogP contribution < -0.4 is 9.46 Å². The first-order valence-corrected chi connectivity index (χ1v) is 14.2. The Morgan fingerprint density at radius 1 is 0.806 bits per heavy atom. The molecule has 0 aliphatic rings. The molecule has 0 saturated heterocycles. The fourth-order valence-corrected chi connectivity index (χ4v) is 6.60. The number of fused-ring (bicyclic) bond motifs is 2. The van der Waals surface area contributed by atoms with Crippen molar-refractivity contribution in [3.63, 3.8) is 0 Å². The van der Waals surface area contributed by atoms with Crippen molar-refractivity contribution < 1.29 is 17.9 Å². The highest BCUT2D eigenvalue weighted by Crippen LogP contribution is 2.33. The molecule has 1 heterocycles. The van der Waals surface area contributed by atoms with Crippen LogP contribution in [0.2, 0.25) is 0 Å². The van der Waals surface area contributed by atoms with Gasteiger partial charge in [0.05, 0.1) is 17.2 Å². The highest BCUT2D eigenvalue weighted by atomic mass is 32.2. The van der Waals surface area contributed by atoms with Crippen molar-refractivity contribution in [3.8, 4) is 5.75 Å². The minimum absolute atomic E-state index is 0.251. The predicted octanol–water partition coefficient (Wildman–Crippen LogP) is 6.33. The Morgan fingerprint density at radius 3 is 2.33 bits per heavy atom. The quantitative estimate of drug-likeness (QED) is 0.233. The van der Waals surface area contributed by atoms with Gasteiger partial charge in [0.15, 0.2) is 0 Å². The maximum Gasteiger partial charge on any atom is 0.275 e. The molecule has 0 radical (unpaired) electrons. The molecule has 0 bridgehead atoms. The standard InChI is InChI=1S/C29H25NO4S2/c31-29(30-36(32,33)20-21-10-2-1-3-11-21)28-25(24-15-6-7-18-27(24)35-28)16-9-19-34-26-17-8-13-22-12-4-5-14-23(22)26/h1-8,10-15,17-18H,9,16,19-20H2,(H,30,31). The van der Waals surface area contributed by atoms with Gasteiger partial charge in [-0.15, -0.1) is 11.3 Å². The molecule has 0 aliphatic carbocycles. The first kappa shape index (κ1) is 24.0. The van der Waals surface area contributed by atoms with Gasteiger partial charge in [-0.25, -0.2) is 13.1 Å². The molecule has 1 aromatic heterocycles. The van der Waals surface area contributed by atoms with Gasteiger partial charge in [-0.1, -0.05) is 84.9 Å². The average Bonchev–Trinajstić information content (AvgIpc) is 3.25. The Bertz CT molecular complexity index is 1620. The van der Waals surface area contributed by atoms with Crippen molar-refractivity contribution in [3.05, 3.63) is 113 Å². The van der Waals surface area contributed by atoms with Crippen LogP contribution >= 0.6 is 11.3 Å². The SMILES string of the molecule is O=C(NS(=O)(=O)Cc1ccccc1)c1sc2ccccc2c1CCCOc1cccc2ccccc12. The van der Waals surface area contributed by atoms with Crippen LogP contribution in [-0.2, 0) is 22.2 Å². The van der Waals surface area contributed by atoms with E-state index in [4.69, 9.17) is 4.74 Å². The van der Waals surface area contributed by atoms with E-state index in [9.17, 15) is 13.2 Å². The average molecular weight is 516 g/mol. The van der Waals surface area contributed by atoms with Gasteiger partial charge < -0.3 is 4.74 Å². The van der Waals surface area contributed by atoms with Gasteiger partial charge >= 0.3 is 0 Å². The highest BCUT2D eigenvalue weighted by molar-refractivity contribution is 7.89. The number of ether oxygens (including phenoxy) is 1. The minimum Gasteiger partial charge on any atom is -0.493 e. The zero-order valence-electron chi connectivity index (χ0n) is 19.5. The fourth-order valence-electron chi connectivity index (χ4n) is 4.30. The van der Waals surface area contributed by atoms with Crippen molar-refractivity contribution in [1.29, 1.82) is 0 Å². The third-order valence-electron chi connectivity index (χ3n) is 5.93. The highest BCUT2D eigenvalue weighted by Gasteiger charge is 2.23. The summed E-state index contributed by atoms with van der Waals surface area (Å²) in [7, 11) is -3.84. The third-order valence-corrected chi connectivity index (χ3v) is 8.35. The number of carbonyl (C=O) groups is 1. The maximum absolute atomic E-state index is 13.1. The van der Waals surface area contributed by atoms with Crippen LogP contribution in [0.5, 0.6) is 5.75 Å². The number of benzene rings is 4. The van der Waals surface area contributed by atoms with E-state index in [1.54, 1.807) is 24.3 Å². The first-order valence-electron chi connectivity index (χ1n) is 11.7. The molecule has 5 aromatic rings. The number of hydrogen-bond donors (Lipinski definition) is 1. The fraction of sp³-hybridized carbons (Fsp3) is 0.138. The number of rotatable bonds is 9. The van der Waals surface area contributed by atoms with Crippen molar-refractivity contribution in [2.75, 3.05) is 6.61 Å². The maximum atomic E-state index is 13.1. The molecule has 1 N–H and O–H groups in total. The summed E-state index contributed by atoms with van der Waals surface area (Å²) in [6, 6.07) is 30.7. The summed E-state index contributed by atoms with van der Waals surface area (Å²) in [6.45, 7) is 0.478. The minimum atomic E-state index is -3.84. The summed E-state index contributed by atoms with van der Waals surface area (Å²) in [5, 5.41) is 3.15. The summed E-state index contributed by atoms with van der Waals surface area (Å²) in [5.74, 6) is -0.0102. The number of carbonyl (C=O) groups excluding carboxylic acids is 1. The zero-order chi connectivity index (χ0) is 25.0. The van der Waals surface area contributed by atoms with Crippen LogP contribution in [0, 0.1) is 0 Å². The van der Waals surface area contributed by atoms with Crippen molar-refractivity contribution >= 4 is 48.1 Å². The number of aryl methyl sites for hydroxylation is 1. The van der Waals surface area contributed by atoms with Gasteiger partial charge in [-0.2, -0.15) is 0 Å².